The van der Waals surface area contributed by atoms with Gasteiger partial charge in [-0.15, -0.1) is 0 Å². The van der Waals surface area contributed by atoms with Gasteiger partial charge < -0.3 is 20.1 Å². The highest BCUT2D eigenvalue weighted by Crippen LogP contribution is 2.33. The summed E-state index contributed by atoms with van der Waals surface area (Å²) in [5.74, 6) is -1.18. The van der Waals surface area contributed by atoms with Crippen LogP contribution < -0.4 is 4.74 Å². The molecule has 0 heterocycles. The lowest BCUT2D eigenvalue weighted by molar-refractivity contribution is -0.137. The molecule has 8 heteroatoms. The minimum absolute atomic E-state index is 0.00496. The molecule has 0 bridgehead atoms. The Kier molecular flexibility index (Phi) is 5.86. The first-order chi connectivity index (χ1) is 14.1. The number of Topliss-reactive ketones (excluding diaryl/α,β-unsaturated/α-hetero) is 1. The number of rotatable bonds is 6. The van der Waals surface area contributed by atoms with Crippen LogP contribution in [0.4, 0.5) is 13.2 Å². The molecule has 3 aromatic carbocycles. The third-order valence-electron chi connectivity index (χ3n) is 4.34. The summed E-state index contributed by atoms with van der Waals surface area (Å²) in [7, 11) is 0. The van der Waals surface area contributed by atoms with Crippen LogP contribution in [0.5, 0.6) is 28.7 Å². The fourth-order valence-corrected chi connectivity index (χ4v) is 2.84. The molecule has 0 saturated heterocycles. The van der Waals surface area contributed by atoms with E-state index in [0.29, 0.717) is 12.2 Å². The van der Waals surface area contributed by atoms with Gasteiger partial charge in [0, 0.05) is 18.6 Å². The Balaban J connectivity index is 1.60. The molecule has 3 N–H and O–H groups in total. The quantitative estimate of drug-likeness (QED) is 0.465. The number of carbonyl (C=O) groups is 1. The highest BCUT2D eigenvalue weighted by molar-refractivity contribution is 6.01. The van der Waals surface area contributed by atoms with E-state index in [9.17, 15) is 33.3 Å². The maximum atomic E-state index is 12.6. The molecule has 0 amide bonds. The lowest BCUT2D eigenvalue weighted by Gasteiger charge is -2.10. The number of hydrogen-bond donors (Lipinski definition) is 3. The number of carbonyl (C=O) groups excluding carboxylic acids is 1. The first-order valence-corrected chi connectivity index (χ1v) is 8.85. The molecule has 3 rings (SSSR count). The Morgan fingerprint density at radius 1 is 0.833 bits per heavy atom. The van der Waals surface area contributed by atoms with Crippen molar-refractivity contribution in [1.82, 2.24) is 0 Å². The normalized spacial score (nSPS) is 11.3. The molecule has 0 aliphatic rings. The Bertz CT molecular complexity index is 1020. The molecule has 0 aromatic heterocycles. The van der Waals surface area contributed by atoms with E-state index >= 15 is 0 Å². The predicted molar refractivity (Wildman–Crippen MR) is 102 cm³/mol. The van der Waals surface area contributed by atoms with Gasteiger partial charge in [-0.05, 0) is 48.4 Å². The SMILES string of the molecule is O=C(CCc1ccc(Oc2ccc(C(F)(F)F)cc2)cc1)c1c(O)cc(O)cc1O. The fraction of sp³-hybridized carbons (Fsp3) is 0.136. The maximum Gasteiger partial charge on any atom is 0.416 e. The number of phenolic OH excluding ortho intramolecular Hbond substituents is 3. The standard InChI is InChI=1S/C22H17F3O5/c23-22(24,25)14-4-8-17(9-5-14)30-16-6-1-13(2-7-16)3-10-18(27)21-19(28)11-15(26)12-20(21)29/h1-2,4-9,11-12,26,28-29H,3,10H2. The summed E-state index contributed by atoms with van der Waals surface area (Å²) in [6, 6.07) is 12.9. The van der Waals surface area contributed by atoms with Crippen LogP contribution in [0.25, 0.3) is 0 Å². The summed E-state index contributed by atoms with van der Waals surface area (Å²) in [5.41, 5.74) is -0.239. The monoisotopic (exact) mass is 418 g/mol. The Labute approximate surface area is 169 Å². The molecular formula is C22H17F3O5. The van der Waals surface area contributed by atoms with Crippen LogP contribution >= 0.6 is 0 Å². The van der Waals surface area contributed by atoms with Crippen LogP contribution in [0.2, 0.25) is 0 Å². The predicted octanol–water partition coefficient (Wildman–Crippen LogP) is 5.43. The molecule has 0 saturated carbocycles. The van der Waals surface area contributed by atoms with Crippen LogP contribution in [0.1, 0.15) is 27.9 Å². The molecular weight excluding hydrogens is 401 g/mol. The molecule has 0 aliphatic heterocycles. The van der Waals surface area contributed by atoms with Crippen molar-refractivity contribution in [3.8, 4) is 28.7 Å². The van der Waals surface area contributed by atoms with E-state index in [2.05, 4.69) is 0 Å². The molecule has 0 fully saturated rings. The zero-order valence-corrected chi connectivity index (χ0v) is 15.5. The second kappa shape index (κ2) is 8.36. The minimum atomic E-state index is -4.41. The lowest BCUT2D eigenvalue weighted by Crippen LogP contribution is -2.04. The van der Waals surface area contributed by atoms with Crippen molar-refractivity contribution in [3.05, 3.63) is 77.4 Å². The number of phenols is 3. The molecule has 156 valence electrons. The largest absolute Gasteiger partial charge is 0.508 e. The van der Waals surface area contributed by atoms with Gasteiger partial charge in [0.05, 0.1) is 5.56 Å². The minimum Gasteiger partial charge on any atom is -0.508 e. The van der Waals surface area contributed by atoms with Gasteiger partial charge in [-0.1, -0.05) is 12.1 Å². The van der Waals surface area contributed by atoms with Gasteiger partial charge in [-0.2, -0.15) is 13.2 Å². The maximum absolute atomic E-state index is 12.6. The molecule has 3 aromatic rings. The van der Waals surface area contributed by atoms with Gasteiger partial charge in [-0.25, -0.2) is 0 Å². The summed E-state index contributed by atoms with van der Waals surface area (Å²) >= 11 is 0. The zero-order valence-electron chi connectivity index (χ0n) is 15.5. The molecule has 0 aliphatic carbocycles. The second-order valence-electron chi connectivity index (χ2n) is 6.55. The van der Waals surface area contributed by atoms with Crippen LogP contribution in [0, 0.1) is 0 Å². The molecule has 0 spiro atoms. The van der Waals surface area contributed by atoms with Crippen molar-refractivity contribution >= 4 is 5.78 Å². The first-order valence-electron chi connectivity index (χ1n) is 8.85. The molecule has 5 nitrogen and oxygen atoms in total. The number of benzene rings is 3. The van der Waals surface area contributed by atoms with E-state index in [4.69, 9.17) is 4.74 Å². The van der Waals surface area contributed by atoms with Crippen molar-refractivity contribution in [3.63, 3.8) is 0 Å². The summed E-state index contributed by atoms with van der Waals surface area (Å²) in [5, 5.41) is 28.8. The number of aryl methyl sites for hydroxylation is 1. The Hall–Kier alpha value is -3.68. The average molecular weight is 418 g/mol. The van der Waals surface area contributed by atoms with Crippen molar-refractivity contribution in [2.75, 3.05) is 0 Å². The van der Waals surface area contributed by atoms with Gasteiger partial charge in [-0.3, -0.25) is 4.79 Å². The first kappa shape index (κ1) is 21.0. The Morgan fingerprint density at radius 2 is 1.33 bits per heavy atom. The highest BCUT2D eigenvalue weighted by Gasteiger charge is 2.30. The van der Waals surface area contributed by atoms with E-state index in [1.807, 2.05) is 0 Å². The number of halogens is 3. The fourth-order valence-electron chi connectivity index (χ4n) is 2.84. The highest BCUT2D eigenvalue weighted by atomic mass is 19.4. The average Bonchev–Trinajstić information content (AvgIpc) is 2.66. The number of aromatic hydroxyl groups is 3. The van der Waals surface area contributed by atoms with Gasteiger partial charge in [0.15, 0.2) is 5.78 Å². The molecule has 0 unspecified atom stereocenters. The summed E-state index contributed by atoms with van der Waals surface area (Å²) < 4.78 is 43.3. The molecule has 0 atom stereocenters. The van der Waals surface area contributed by atoms with Crippen molar-refractivity contribution in [2.24, 2.45) is 0 Å². The van der Waals surface area contributed by atoms with Gasteiger partial charge in [0.1, 0.15) is 34.3 Å². The van der Waals surface area contributed by atoms with E-state index in [0.717, 1.165) is 29.8 Å². The molecule has 30 heavy (non-hydrogen) atoms. The second-order valence-corrected chi connectivity index (χ2v) is 6.55. The number of alkyl halides is 3. The van der Waals surface area contributed by atoms with Crippen LogP contribution in [0.15, 0.2) is 60.7 Å². The van der Waals surface area contributed by atoms with Gasteiger partial charge >= 0.3 is 6.18 Å². The van der Waals surface area contributed by atoms with E-state index < -0.39 is 29.0 Å². The van der Waals surface area contributed by atoms with Crippen molar-refractivity contribution < 1.29 is 38.0 Å². The van der Waals surface area contributed by atoms with E-state index in [-0.39, 0.29) is 23.5 Å². The summed E-state index contributed by atoms with van der Waals surface area (Å²) in [6.07, 6.45) is -4.09. The zero-order chi connectivity index (χ0) is 21.9. The lowest BCUT2D eigenvalue weighted by atomic mass is 10.0. The van der Waals surface area contributed by atoms with Crippen LogP contribution in [-0.4, -0.2) is 21.1 Å². The summed E-state index contributed by atoms with van der Waals surface area (Å²) in [4.78, 5) is 12.3. The van der Waals surface area contributed by atoms with Gasteiger partial charge in [0.25, 0.3) is 0 Å². The van der Waals surface area contributed by atoms with Crippen LogP contribution in [-0.2, 0) is 12.6 Å². The number of ketones is 1. The Morgan fingerprint density at radius 3 is 1.83 bits per heavy atom. The van der Waals surface area contributed by atoms with E-state index in [1.54, 1.807) is 24.3 Å². The third kappa shape index (κ3) is 5.02. The van der Waals surface area contributed by atoms with E-state index in [1.165, 1.54) is 12.1 Å². The smallest absolute Gasteiger partial charge is 0.416 e. The third-order valence-corrected chi connectivity index (χ3v) is 4.34. The van der Waals surface area contributed by atoms with Crippen molar-refractivity contribution in [1.29, 1.82) is 0 Å². The summed E-state index contributed by atoms with van der Waals surface area (Å²) in [6.45, 7) is 0. The molecule has 0 radical (unpaired) electrons. The number of ether oxygens (including phenoxy) is 1. The number of hydrogen-bond acceptors (Lipinski definition) is 5. The van der Waals surface area contributed by atoms with Gasteiger partial charge in [0.2, 0.25) is 0 Å². The van der Waals surface area contributed by atoms with Crippen LogP contribution in [0.3, 0.4) is 0 Å². The topological polar surface area (TPSA) is 87.0 Å². The van der Waals surface area contributed by atoms with Crippen molar-refractivity contribution in [2.45, 2.75) is 19.0 Å².